The zero-order chi connectivity index (χ0) is 13.0. The molecule has 0 amide bonds. The van der Waals surface area contributed by atoms with Crippen LogP contribution in [0, 0.1) is 0 Å². The summed E-state index contributed by atoms with van der Waals surface area (Å²) < 4.78 is 14.3. The van der Waals surface area contributed by atoms with Gasteiger partial charge in [-0.3, -0.25) is 0 Å². The Balaban J connectivity index is 0. The van der Waals surface area contributed by atoms with Gasteiger partial charge in [0.05, 0.1) is 14.4 Å². The monoisotopic (exact) mass is 378 g/mol. The molecule has 0 aliphatic carbocycles. The van der Waals surface area contributed by atoms with E-state index in [1.807, 2.05) is 0 Å². The van der Waals surface area contributed by atoms with Crippen LogP contribution in [0.15, 0.2) is 0 Å². The molecule has 0 atom stereocenters. The Bertz CT molecular complexity index is 208. The molecule has 0 aromatic heterocycles. The van der Waals surface area contributed by atoms with Crippen LogP contribution in [0.1, 0.15) is 71.1 Å². The van der Waals surface area contributed by atoms with Gasteiger partial charge in [0.2, 0.25) is 0 Å². The van der Waals surface area contributed by atoms with Crippen molar-refractivity contribution in [1.82, 2.24) is 0 Å². The molecule has 0 fully saturated rings. The van der Waals surface area contributed by atoms with E-state index >= 15 is 0 Å². The molecular formula is C12H25CdO4P. The van der Waals surface area contributed by atoms with E-state index in [1.54, 1.807) is 0 Å². The Kier molecular flexibility index (Phi) is 17.1. The fraction of sp³-hybridized carbons (Fsp3) is 1.00. The van der Waals surface area contributed by atoms with Crippen molar-refractivity contribution in [3.05, 3.63) is 0 Å². The van der Waals surface area contributed by atoms with Crippen molar-refractivity contribution in [2.75, 3.05) is 6.61 Å². The van der Waals surface area contributed by atoms with Crippen LogP contribution in [0.2, 0.25) is 0 Å². The van der Waals surface area contributed by atoms with Crippen LogP contribution >= 0.6 is 7.82 Å². The maximum Gasteiger partial charge on any atom is 2.00 e. The molecule has 0 aliphatic heterocycles. The average Bonchev–Trinajstić information content (AvgIpc) is 2.24. The van der Waals surface area contributed by atoms with Crippen LogP contribution in [-0.4, -0.2) is 6.61 Å². The van der Waals surface area contributed by atoms with Gasteiger partial charge in [-0.15, -0.1) is 0 Å². The van der Waals surface area contributed by atoms with Gasteiger partial charge in [0.1, 0.15) is 0 Å². The summed E-state index contributed by atoms with van der Waals surface area (Å²) >= 11 is 0. The third-order valence-corrected chi connectivity index (χ3v) is 3.25. The number of phosphoric ester groups is 1. The van der Waals surface area contributed by atoms with Gasteiger partial charge in [-0.05, 0) is 6.42 Å². The van der Waals surface area contributed by atoms with Gasteiger partial charge in [0.25, 0.3) is 0 Å². The molecule has 18 heavy (non-hydrogen) atoms. The molecule has 0 unspecified atom stereocenters. The molecule has 0 heterocycles. The maximum absolute atomic E-state index is 10.1. The zero-order valence-electron chi connectivity index (χ0n) is 11.6. The Labute approximate surface area is 131 Å². The Morgan fingerprint density at radius 3 is 1.61 bits per heavy atom. The standard InChI is InChI=1S/C12H27O4P.Cd/c1-2-3-4-5-6-7-8-9-10-11-12-16-17(13,14)15;/h2-12H2,1H3,(H2,13,14,15);/q;+2/p-2. The van der Waals surface area contributed by atoms with E-state index in [1.165, 1.54) is 44.9 Å². The molecule has 0 bridgehead atoms. The first-order valence-electron chi connectivity index (χ1n) is 6.73. The second kappa shape index (κ2) is 14.4. The molecule has 0 N–H and O–H groups in total. The third-order valence-electron chi connectivity index (χ3n) is 2.75. The first kappa shape index (κ1) is 21.3. The van der Waals surface area contributed by atoms with Crippen LogP contribution in [-0.2, 0) is 36.4 Å². The molecule has 6 heteroatoms. The largest absolute Gasteiger partial charge is 2.00 e. The van der Waals surface area contributed by atoms with Crippen molar-refractivity contribution in [3.8, 4) is 0 Å². The summed E-state index contributed by atoms with van der Waals surface area (Å²) in [5.41, 5.74) is 0. The van der Waals surface area contributed by atoms with E-state index in [4.69, 9.17) is 0 Å². The topological polar surface area (TPSA) is 72.4 Å². The van der Waals surface area contributed by atoms with E-state index in [9.17, 15) is 14.4 Å². The van der Waals surface area contributed by atoms with Crippen LogP contribution in [0.4, 0.5) is 0 Å². The molecule has 0 rings (SSSR count). The van der Waals surface area contributed by atoms with Crippen LogP contribution < -0.4 is 9.79 Å². The van der Waals surface area contributed by atoms with E-state index in [2.05, 4.69) is 11.4 Å². The summed E-state index contributed by atoms with van der Waals surface area (Å²) in [5.74, 6) is 0. The minimum atomic E-state index is -4.74. The Hall–Kier alpha value is 1.03. The van der Waals surface area contributed by atoms with Crippen molar-refractivity contribution in [1.29, 1.82) is 0 Å². The van der Waals surface area contributed by atoms with Gasteiger partial charge in [0.15, 0.2) is 0 Å². The molecular weight excluding hydrogens is 352 g/mol. The molecule has 0 saturated carbocycles. The normalized spacial score (nSPS) is 11.3. The van der Waals surface area contributed by atoms with Gasteiger partial charge in [-0.2, -0.15) is 0 Å². The minimum absolute atomic E-state index is 0. The second-order valence-corrected chi connectivity index (χ2v) is 5.62. The summed E-state index contributed by atoms with van der Waals surface area (Å²) in [6.45, 7) is 2.26. The van der Waals surface area contributed by atoms with Gasteiger partial charge >= 0.3 is 27.3 Å². The molecule has 0 aliphatic rings. The van der Waals surface area contributed by atoms with Crippen molar-refractivity contribution < 1.29 is 46.2 Å². The van der Waals surface area contributed by atoms with Gasteiger partial charge in [-0.25, -0.2) is 0 Å². The number of hydrogen-bond acceptors (Lipinski definition) is 4. The summed E-state index contributed by atoms with van der Waals surface area (Å²) in [6.07, 6.45) is 11.7. The predicted octanol–water partition coefficient (Wildman–Crippen LogP) is 2.75. The van der Waals surface area contributed by atoms with Crippen molar-refractivity contribution in [2.45, 2.75) is 71.1 Å². The van der Waals surface area contributed by atoms with Crippen LogP contribution in [0.25, 0.3) is 0 Å². The summed E-state index contributed by atoms with van der Waals surface area (Å²) in [4.78, 5) is 20.3. The average molecular weight is 377 g/mol. The molecule has 0 aromatic carbocycles. The maximum atomic E-state index is 10.1. The second-order valence-electron chi connectivity index (χ2n) is 4.46. The molecule has 0 saturated heterocycles. The van der Waals surface area contributed by atoms with E-state index in [0.29, 0.717) is 6.42 Å². The predicted molar refractivity (Wildman–Crippen MR) is 65.4 cm³/mol. The quantitative estimate of drug-likeness (QED) is 0.298. The number of phosphoric acid groups is 1. The van der Waals surface area contributed by atoms with Crippen molar-refractivity contribution in [2.24, 2.45) is 0 Å². The zero-order valence-corrected chi connectivity index (χ0v) is 16.5. The number of unbranched alkanes of at least 4 members (excludes halogenated alkanes) is 9. The minimum Gasteiger partial charge on any atom is -0.790 e. The van der Waals surface area contributed by atoms with Crippen molar-refractivity contribution >= 4 is 7.82 Å². The molecule has 0 spiro atoms. The summed E-state index contributed by atoms with van der Waals surface area (Å²) in [7, 11) is -4.74. The van der Waals surface area contributed by atoms with E-state index in [-0.39, 0.29) is 33.9 Å². The van der Waals surface area contributed by atoms with Crippen molar-refractivity contribution in [3.63, 3.8) is 0 Å². The molecule has 0 aromatic rings. The fourth-order valence-corrected chi connectivity index (χ4v) is 2.12. The summed E-state index contributed by atoms with van der Waals surface area (Å²) in [6, 6.07) is 0. The molecule has 4 nitrogen and oxygen atoms in total. The Morgan fingerprint density at radius 2 is 1.22 bits per heavy atom. The smallest absolute Gasteiger partial charge is 0.790 e. The SMILES string of the molecule is CCCCCCCCCCCCOP(=O)([O-])[O-].[Cd+2]. The molecule has 0 radical (unpaired) electrons. The fourth-order valence-electron chi connectivity index (χ4n) is 1.77. The van der Waals surface area contributed by atoms with Crippen LogP contribution in [0.3, 0.4) is 0 Å². The first-order valence-corrected chi connectivity index (χ1v) is 8.19. The summed E-state index contributed by atoms with van der Waals surface area (Å²) in [5, 5.41) is 0. The van der Waals surface area contributed by atoms with E-state index < -0.39 is 7.82 Å². The number of rotatable bonds is 12. The number of hydrogen-bond donors (Lipinski definition) is 0. The van der Waals surface area contributed by atoms with Gasteiger partial charge in [-0.1, -0.05) is 64.7 Å². The van der Waals surface area contributed by atoms with Gasteiger partial charge < -0.3 is 18.9 Å². The first-order chi connectivity index (χ1) is 8.06. The van der Waals surface area contributed by atoms with Gasteiger partial charge in [0, 0.05) is 0 Å². The van der Waals surface area contributed by atoms with E-state index in [0.717, 1.165) is 12.8 Å². The Morgan fingerprint density at radius 1 is 0.833 bits per heavy atom. The molecule has 104 valence electrons. The third kappa shape index (κ3) is 19.4. The van der Waals surface area contributed by atoms with Crippen LogP contribution in [0.5, 0.6) is 0 Å².